The van der Waals surface area contributed by atoms with E-state index in [4.69, 9.17) is 22.1 Å². The van der Waals surface area contributed by atoms with Gasteiger partial charge in [-0.25, -0.2) is 4.99 Å². The first kappa shape index (κ1) is 14.9. The number of benzene rings is 1. The molecule has 1 unspecified atom stereocenters. The minimum Gasteiger partial charge on any atom is -0.496 e. The lowest BCUT2D eigenvalue weighted by molar-refractivity contribution is 0.278. The maximum Gasteiger partial charge on any atom is 0.175 e. The van der Waals surface area contributed by atoms with E-state index in [0.717, 1.165) is 21.8 Å². The van der Waals surface area contributed by atoms with Crippen molar-refractivity contribution in [1.82, 2.24) is 9.88 Å². The standard InChI is InChI=1S/C15H17ClN4O2/c1-22-12-3-2-9(8-21)6-10(12)7-20-14(16)13-11(4-5-18-13)19-15(20)17/h2-6,15,18,21H,7-8,17H2,1H3. The van der Waals surface area contributed by atoms with E-state index >= 15 is 0 Å². The molecule has 0 spiro atoms. The molecule has 116 valence electrons. The molecule has 4 N–H and O–H groups in total. The Morgan fingerprint density at radius 2 is 2.27 bits per heavy atom. The SMILES string of the molecule is COc1ccc(CO)cc1CN1C(Cl)=c2[nH]ccc2=NC1N. The number of fused-ring (bicyclic) bond motifs is 1. The third-order valence-corrected chi connectivity index (χ3v) is 4.05. The molecule has 1 atom stereocenters. The van der Waals surface area contributed by atoms with Gasteiger partial charge in [-0.15, -0.1) is 0 Å². The number of nitrogens with one attached hydrogen (secondary N) is 1. The Kier molecular flexibility index (Phi) is 4.06. The molecule has 0 amide bonds. The quantitative estimate of drug-likeness (QED) is 0.702. The van der Waals surface area contributed by atoms with Gasteiger partial charge in [0.2, 0.25) is 0 Å². The summed E-state index contributed by atoms with van der Waals surface area (Å²) in [5, 5.41) is 11.3. The van der Waals surface area contributed by atoms with E-state index in [1.807, 2.05) is 24.3 Å². The van der Waals surface area contributed by atoms with Crippen LogP contribution in [0.25, 0.3) is 5.16 Å². The van der Waals surface area contributed by atoms with E-state index in [1.54, 1.807) is 18.2 Å². The molecule has 22 heavy (non-hydrogen) atoms. The highest BCUT2D eigenvalue weighted by Gasteiger charge is 2.22. The first-order valence-electron chi connectivity index (χ1n) is 6.84. The average molecular weight is 321 g/mol. The topological polar surface area (TPSA) is 86.9 Å². The summed E-state index contributed by atoms with van der Waals surface area (Å²) in [6.07, 6.45) is 1.21. The second-order valence-corrected chi connectivity index (χ2v) is 5.36. The monoisotopic (exact) mass is 320 g/mol. The fraction of sp³-hybridized carbons (Fsp3) is 0.267. The van der Waals surface area contributed by atoms with Crippen LogP contribution in [0.3, 0.4) is 0 Å². The van der Waals surface area contributed by atoms with E-state index in [0.29, 0.717) is 17.5 Å². The number of H-pyrrole nitrogens is 1. The van der Waals surface area contributed by atoms with Gasteiger partial charge in [-0.05, 0) is 23.8 Å². The largest absolute Gasteiger partial charge is 0.496 e. The van der Waals surface area contributed by atoms with E-state index in [-0.39, 0.29) is 6.61 Å². The molecule has 0 fully saturated rings. The summed E-state index contributed by atoms with van der Waals surface area (Å²) in [5.41, 5.74) is 7.79. The number of aromatic nitrogens is 1. The zero-order valence-electron chi connectivity index (χ0n) is 12.1. The zero-order valence-corrected chi connectivity index (χ0v) is 12.8. The molecule has 0 radical (unpaired) electrons. The summed E-state index contributed by atoms with van der Waals surface area (Å²) < 4.78 is 5.37. The number of nitrogens with two attached hydrogens (primary N) is 1. The highest BCUT2D eigenvalue weighted by molar-refractivity contribution is 6.44. The molecule has 0 saturated heterocycles. The molecule has 0 saturated carbocycles. The van der Waals surface area contributed by atoms with Gasteiger partial charge < -0.3 is 19.7 Å². The number of hydrogen-bond acceptors (Lipinski definition) is 5. The number of methoxy groups -OCH3 is 1. The van der Waals surface area contributed by atoms with Gasteiger partial charge in [-0.3, -0.25) is 5.73 Å². The Morgan fingerprint density at radius 1 is 1.45 bits per heavy atom. The number of rotatable bonds is 4. The number of aromatic amines is 1. The van der Waals surface area contributed by atoms with Crippen LogP contribution in [0.1, 0.15) is 11.1 Å². The summed E-state index contributed by atoms with van der Waals surface area (Å²) >= 11 is 6.45. The molecule has 2 heterocycles. The van der Waals surface area contributed by atoms with E-state index < -0.39 is 6.29 Å². The van der Waals surface area contributed by atoms with Crippen molar-refractivity contribution >= 4 is 16.8 Å². The van der Waals surface area contributed by atoms with Crippen LogP contribution in [0.15, 0.2) is 35.5 Å². The number of halogens is 1. The molecule has 6 nitrogen and oxygen atoms in total. The summed E-state index contributed by atoms with van der Waals surface area (Å²) in [4.78, 5) is 9.25. The number of ether oxygens (including phenoxy) is 1. The molecule has 7 heteroatoms. The van der Waals surface area contributed by atoms with Gasteiger partial charge in [0.05, 0.1) is 31.0 Å². The smallest absolute Gasteiger partial charge is 0.175 e. The van der Waals surface area contributed by atoms with Crippen molar-refractivity contribution in [2.75, 3.05) is 7.11 Å². The van der Waals surface area contributed by atoms with Gasteiger partial charge >= 0.3 is 0 Å². The third kappa shape index (κ3) is 2.56. The van der Waals surface area contributed by atoms with Crippen LogP contribution in [0, 0.1) is 0 Å². The molecule has 1 aromatic carbocycles. The van der Waals surface area contributed by atoms with Crippen molar-refractivity contribution in [1.29, 1.82) is 0 Å². The molecule has 2 aromatic rings. The maximum atomic E-state index is 9.30. The average Bonchev–Trinajstić information content (AvgIpc) is 2.99. The summed E-state index contributed by atoms with van der Waals surface area (Å²) in [6, 6.07) is 7.35. The van der Waals surface area contributed by atoms with Crippen molar-refractivity contribution in [3.63, 3.8) is 0 Å². The van der Waals surface area contributed by atoms with Crippen molar-refractivity contribution in [2.45, 2.75) is 19.4 Å². The first-order chi connectivity index (χ1) is 10.6. The Hall–Kier alpha value is -2.02. The molecule has 1 aliphatic heterocycles. The second kappa shape index (κ2) is 6.00. The number of aliphatic hydroxyl groups excluding tert-OH is 1. The minimum absolute atomic E-state index is 0.0361. The van der Waals surface area contributed by atoms with Gasteiger partial charge in [-0.1, -0.05) is 17.7 Å². The van der Waals surface area contributed by atoms with Gasteiger partial charge in [0, 0.05) is 11.8 Å². The number of nitrogens with zero attached hydrogens (tertiary/aromatic N) is 2. The van der Waals surface area contributed by atoms with Crippen LogP contribution in [0.4, 0.5) is 0 Å². The highest BCUT2D eigenvalue weighted by Crippen LogP contribution is 2.25. The third-order valence-electron chi connectivity index (χ3n) is 3.64. The summed E-state index contributed by atoms with van der Waals surface area (Å²) in [7, 11) is 1.60. The van der Waals surface area contributed by atoms with Gasteiger partial charge in [0.1, 0.15) is 10.9 Å². The number of aliphatic hydroxyl groups is 1. The van der Waals surface area contributed by atoms with Crippen LogP contribution < -0.4 is 21.2 Å². The Balaban J connectivity index is 2.00. The number of hydrogen-bond donors (Lipinski definition) is 3. The fourth-order valence-electron chi connectivity index (χ4n) is 2.51. The Morgan fingerprint density at radius 3 is 3.00 bits per heavy atom. The summed E-state index contributed by atoms with van der Waals surface area (Å²) in [6.45, 7) is 0.393. The fourth-order valence-corrected chi connectivity index (χ4v) is 2.82. The lowest BCUT2D eigenvalue weighted by atomic mass is 10.1. The molecule has 3 rings (SSSR count). The van der Waals surface area contributed by atoms with Crippen LogP contribution in [-0.2, 0) is 13.2 Å². The van der Waals surface area contributed by atoms with E-state index in [9.17, 15) is 5.11 Å². The highest BCUT2D eigenvalue weighted by atomic mass is 35.5. The molecule has 1 aromatic heterocycles. The molecule has 1 aliphatic rings. The zero-order chi connectivity index (χ0) is 15.7. The minimum atomic E-state index is -0.571. The van der Waals surface area contributed by atoms with Crippen molar-refractivity contribution in [3.05, 3.63) is 52.3 Å². The van der Waals surface area contributed by atoms with Gasteiger partial charge in [0.15, 0.2) is 6.29 Å². The second-order valence-electron chi connectivity index (χ2n) is 5.00. The van der Waals surface area contributed by atoms with Gasteiger partial charge in [0.25, 0.3) is 0 Å². The molecule has 0 aliphatic carbocycles. The maximum absolute atomic E-state index is 9.30. The van der Waals surface area contributed by atoms with E-state index in [1.165, 1.54) is 0 Å². The predicted octanol–water partition coefficient (Wildman–Crippen LogP) is 0.198. The lowest BCUT2D eigenvalue weighted by Gasteiger charge is -2.29. The normalized spacial score (nSPS) is 17.2. The van der Waals surface area contributed by atoms with Crippen molar-refractivity contribution in [2.24, 2.45) is 10.7 Å². The summed E-state index contributed by atoms with van der Waals surface area (Å²) in [5.74, 6) is 0.714. The molecule has 0 bridgehead atoms. The first-order valence-corrected chi connectivity index (χ1v) is 7.21. The van der Waals surface area contributed by atoms with Crippen molar-refractivity contribution < 1.29 is 9.84 Å². The Bertz CT molecular complexity index is 802. The molecular weight excluding hydrogens is 304 g/mol. The van der Waals surface area contributed by atoms with Crippen LogP contribution in [0.5, 0.6) is 5.75 Å². The van der Waals surface area contributed by atoms with Crippen LogP contribution in [0.2, 0.25) is 0 Å². The van der Waals surface area contributed by atoms with Crippen LogP contribution >= 0.6 is 11.6 Å². The molecular formula is C15H17ClN4O2. The van der Waals surface area contributed by atoms with Crippen LogP contribution in [-0.4, -0.2) is 28.4 Å². The van der Waals surface area contributed by atoms with Crippen molar-refractivity contribution in [3.8, 4) is 5.75 Å². The van der Waals surface area contributed by atoms with Gasteiger partial charge in [-0.2, -0.15) is 0 Å². The lowest BCUT2D eigenvalue weighted by Crippen LogP contribution is -2.47. The predicted molar refractivity (Wildman–Crippen MR) is 83.3 cm³/mol. The van der Waals surface area contributed by atoms with E-state index in [2.05, 4.69) is 9.98 Å². The Labute approximate surface area is 132 Å².